The Bertz CT molecular complexity index is 611. The summed E-state index contributed by atoms with van der Waals surface area (Å²) in [5.74, 6) is 1.77. The number of likely N-dealkylation sites (N-methyl/N-ethyl adjacent to an activating group) is 1. The van der Waals surface area contributed by atoms with Gasteiger partial charge in [0.15, 0.2) is 5.96 Å². The summed E-state index contributed by atoms with van der Waals surface area (Å²) in [6.07, 6.45) is 4.22. The highest BCUT2D eigenvalue weighted by atomic mass is 127. The number of benzene rings is 1. The smallest absolute Gasteiger partial charge is 0.191 e. The van der Waals surface area contributed by atoms with E-state index in [9.17, 15) is 0 Å². The SMILES string of the molecule is CCNC(=NCc1ccccc1OCCN(C)C)NC1CC2CCC1O2.I. The number of nitrogens with one attached hydrogen (secondary N) is 2. The average Bonchev–Trinajstić information content (AvgIpc) is 3.23. The third-order valence-electron chi connectivity index (χ3n) is 4.95. The first-order valence-corrected chi connectivity index (χ1v) is 9.71. The Hall–Kier alpha value is -1.06. The summed E-state index contributed by atoms with van der Waals surface area (Å²) in [5, 5.41) is 6.92. The van der Waals surface area contributed by atoms with Crippen LogP contribution in [-0.4, -0.2) is 62.9 Å². The van der Waals surface area contributed by atoms with Crippen molar-refractivity contribution in [3.8, 4) is 5.75 Å². The number of hydrogen-bond acceptors (Lipinski definition) is 4. The van der Waals surface area contributed by atoms with Crippen LogP contribution in [0.1, 0.15) is 31.7 Å². The van der Waals surface area contributed by atoms with Gasteiger partial charge in [-0.1, -0.05) is 18.2 Å². The summed E-state index contributed by atoms with van der Waals surface area (Å²) < 4.78 is 11.9. The molecule has 6 nitrogen and oxygen atoms in total. The summed E-state index contributed by atoms with van der Waals surface area (Å²) in [4.78, 5) is 6.90. The van der Waals surface area contributed by atoms with E-state index in [4.69, 9.17) is 14.5 Å². The molecular formula is C20H33IN4O2. The van der Waals surface area contributed by atoms with E-state index >= 15 is 0 Å². The van der Waals surface area contributed by atoms with Gasteiger partial charge in [-0.25, -0.2) is 4.99 Å². The number of ether oxygens (including phenoxy) is 2. The van der Waals surface area contributed by atoms with Gasteiger partial charge in [0.1, 0.15) is 12.4 Å². The molecule has 2 bridgehead atoms. The van der Waals surface area contributed by atoms with Crippen molar-refractivity contribution < 1.29 is 9.47 Å². The number of nitrogens with zero attached hydrogens (tertiary/aromatic N) is 2. The Morgan fingerprint density at radius 3 is 2.78 bits per heavy atom. The lowest BCUT2D eigenvalue weighted by atomic mass is 9.96. The number of aliphatic imine (C=N–C) groups is 1. The summed E-state index contributed by atoms with van der Waals surface area (Å²) in [6, 6.07) is 8.52. The number of halogens is 1. The van der Waals surface area contributed by atoms with E-state index in [1.54, 1.807) is 0 Å². The molecule has 7 heteroatoms. The van der Waals surface area contributed by atoms with Gasteiger partial charge in [-0.2, -0.15) is 0 Å². The average molecular weight is 488 g/mol. The van der Waals surface area contributed by atoms with Gasteiger partial charge in [0, 0.05) is 18.7 Å². The minimum absolute atomic E-state index is 0. The Morgan fingerprint density at radius 2 is 2.11 bits per heavy atom. The van der Waals surface area contributed by atoms with Crippen LogP contribution in [0.4, 0.5) is 0 Å². The van der Waals surface area contributed by atoms with E-state index in [1.807, 2.05) is 32.3 Å². The molecule has 2 fully saturated rings. The molecule has 0 aliphatic carbocycles. The molecule has 27 heavy (non-hydrogen) atoms. The lowest BCUT2D eigenvalue weighted by Crippen LogP contribution is -2.47. The minimum Gasteiger partial charge on any atom is -0.492 e. The van der Waals surface area contributed by atoms with E-state index < -0.39 is 0 Å². The van der Waals surface area contributed by atoms with Crippen molar-refractivity contribution in [3.63, 3.8) is 0 Å². The first kappa shape index (κ1) is 22.2. The summed E-state index contributed by atoms with van der Waals surface area (Å²) in [6.45, 7) is 5.09. The van der Waals surface area contributed by atoms with Gasteiger partial charge in [0.05, 0.1) is 24.8 Å². The van der Waals surface area contributed by atoms with Gasteiger partial charge in [0.2, 0.25) is 0 Å². The van der Waals surface area contributed by atoms with Crippen LogP contribution < -0.4 is 15.4 Å². The maximum absolute atomic E-state index is 5.94. The largest absolute Gasteiger partial charge is 0.492 e. The standard InChI is InChI=1S/C20H32N4O2.HI/c1-4-21-20(23-17-13-16-9-10-19(17)26-16)22-14-15-7-5-6-8-18(15)25-12-11-24(2)3;/h5-8,16-17,19H,4,9-14H2,1-3H3,(H2,21,22,23);1H. The zero-order valence-electron chi connectivity index (χ0n) is 16.6. The number of rotatable bonds is 8. The third kappa shape index (κ3) is 6.50. The Kier molecular flexibility index (Phi) is 9.11. The van der Waals surface area contributed by atoms with Crippen molar-refractivity contribution in [1.82, 2.24) is 15.5 Å². The fourth-order valence-electron chi connectivity index (χ4n) is 3.56. The molecule has 0 saturated carbocycles. The van der Waals surface area contributed by atoms with Gasteiger partial charge < -0.3 is 25.0 Å². The molecular weight excluding hydrogens is 455 g/mol. The first-order valence-electron chi connectivity index (χ1n) is 9.71. The summed E-state index contributed by atoms with van der Waals surface area (Å²) >= 11 is 0. The van der Waals surface area contributed by atoms with Crippen molar-refractivity contribution >= 4 is 29.9 Å². The van der Waals surface area contributed by atoms with Gasteiger partial charge in [-0.05, 0) is 46.3 Å². The lowest BCUT2D eigenvalue weighted by Gasteiger charge is -2.22. The van der Waals surface area contributed by atoms with Crippen LogP contribution in [0.3, 0.4) is 0 Å². The van der Waals surface area contributed by atoms with Crippen LogP contribution in [0.2, 0.25) is 0 Å². The lowest BCUT2D eigenvalue weighted by molar-refractivity contribution is 0.0992. The fourth-order valence-corrected chi connectivity index (χ4v) is 3.56. The minimum atomic E-state index is 0. The topological polar surface area (TPSA) is 58.1 Å². The van der Waals surface area contributed by atoms with Crippen LogP contribution in [0.15, 0.2) is 29.3 Å². The van der Waals surface area contributed by atoms with Crippen molar-refractivity contribution in [2.24, 2.45) is 4.99 Å². The summed E-state index contributed by atoms with van der Waals surface area (Å²) in [7, 11) is 4.10. The molecule has 0 spiro atoms. The predicted molar refractivity (Wildman–Crippen MR) is 120 cm³/mol. The number of guanidine groups is 1. The molecule has 0 aromatic heterocycles. The Balaban J connectivity index is 0.00000261. The van der Waals surface area contributed by atoms with Crippen LogP contribution >= 0.6 is 24.0 Å². The van der Waals surface area contributed by atoms with Crippen molar-refractivity contribution in [1.29, 1.82) is 0 Å². The zero-order valence-corrected chi connectivity index (χ0v) is 18.9. The molecule has 2 heterocycles. The zero-order chi connectivity index (χ0) is 18.4. The molecule has 2 N–H and O–H groups in total. The second-order valence-electron chi connectivity index (χ2n) is 7.32. The molecule has 2 saturated heterocycles. The number of fused-ring (bicyclic) bond motifs is 2. The van der Waals surface area contributed by atoms with Crippen LogP contribution in [0, 0.1) is 0 Å². The molecule has 1 aromatic carbocycles. The summed E-state index contributed by atoms with van der Waals surface area (Å²) in [5.41, 5.74) is 1.10. The monoisotopic (exact) mass is 488 g/mol. The molecule has 1 aromatic rings. The van der Waals surface area contributed by atoms with E-state index in [0.717, 1.165) is 43.2 Å². The second kappa shape index (κ2) is 11.1. The fraction of sp³-hybridized carbons (Fsp3) is 0.650. The van der Waals surface area contributed by atoms with Crippen LogP contribution in [-0.2, 0) is 11.3 Å². The normalized spacial score (nSPS) is 24.0. The predicted octanol–water partition coefficient (Wildman–Crippen LogP) is 2.62. The third-order valence-corrected chi connectivity index (χ3v) is 4.95. The van der Waals surface area contributed by atoms with Gasteiger partial charge >= 0.3 is 0 Å². The molecule has 3 atom stereocenters. The molecule has 152 valence electrons. The molecule has 0 amide bonds. The van der Waals surface area contributed by atoms with E-state index in [-0.39, 0.29) is 24.0 Å². The quantitative estimate of drug-likeness (QED) is 0.335. The van der Waals surface area contributed by atoms with E-state index in [1.165, 1.54) is 6.42 Å². The first-order chi connectivity index (χ1) is 12.7. The van der Waals surface area contributed by atoms with E-state index in [2.05, 4.69) is 28.5 Å². The van der Waals surface area contributed by atoms with Crippen LogP contribution in [0.25, 0.3) is 0 Å². The molecule has 2 aliphatic heterocycles. The molecule has 0 radical (unpaired) electrons. The Labute approximate surface area is 180 Å². The van der Waals surface area contributed by atoms with Crippen molar-refractivity contribution in [2.75, 3.05) is 33.8 Å². The molecule has 3 rings (SSSR count). The molecule has 3 unspecified atom stereocenters. The maximum Gasteiger partial charge on any atom is 0.191 e. The van der Waals surface area contributed by atoms with Crippen molar-refractivity contribution in [3.05, 3.63) is 29.8 Å². The van der Waals surface area contributed by atoms with Gasteiger partial charge in [-0.3, -0.25) is 0 Å². The van der Waals surface area contributed by atoms with Crippen molar-refractivity contribution in [2.45, 2.75) is 51.0 Å². The molecule has 2 aliphatic rings. The highest BCUT2D eigenvalue weighted by Crippen LogP contribution is 2.34. The van der Waals surface area contributed by atoms with Crippen LogP contribution in [0.5, 0.6) is 5.75 Å². The van der Waals surface area contributed by atoms with E-state index in [0.29, 0.717) is 31.4 Å². The highest BCUT2D eigenvalue weighted by molar-refractivity contribution is 14.0. The Morgan fingerprint density at radius 1 is 1.30 bits per heavy atom. The number of hydrogen-bond donors (Lipinski definition) is 2. The maximum atomic E-state index is 5.94. The van der Waals surface area contributed by atoms with Gasteiger partial charge in [0.25, 0.3) is 0 Å². The second-order valence-corrected chi connectivity index (χ2v) is 7.32. The highest BCUT2D eigenvalue weighted by Gasteiger charge is 2.41. The number of para-hydroxylation sites is 1. The van der Waals surface area contributed by atoms with Gasteiger partial charge in [-0.15, -0.1) is 24.0 Å².